The van der Waals surface area contributed by atoms with E-state index in [-0.39, 0.29) is 29.7 Å². The van der Waals surface area contributed by atoms with Gasteiger partial charge in [0.15, 0.2) is 5.69 Å². The number of nitrogens with two attached hydrogens (primary N) is 1. The maximum atomic E-state index is 13.3. The molecule has 2 atom stereocenters. The van der Waals surface area contributed by atoms with Crippen molar-refractivity contribution in [1.82, 2.24) is 15.3 Å². The fourth-order valence-corrected chi connectivity index (χ4v) is 6.19. The fraction of sp³-hybridized carbons (Fsp3) is 0.370. The second kappa shape index (κ2) is 9.51. The quantitative estimate of drug-likeness (QED) is 0.453. The number of aromatic nitrogens is 2. The Kier molecular flexibility index (Phi) is 6.57. The molecular formula is C27H28Cl2N4O2. The van der Waals surface area contributed by atoms with Crippen molar-refractivity contribution < 1.29 is 9.53 Å². The van der Waals surface area contributed by atoms with E-state index in [0.717, 1.165) is 37.1 Å². The highest BCUT2D eigenvalue weighted by atomic mass is 35.5. The summed E-state index contributed by atoms with van der Waals surface area (Å²) in [5.41, 5.74) is 11.5. The highest BCUT2D eigenvalue weighted by Gasteiger charge is 2.54. The lowest BCUT2D eigenvalue weighted by Crippen LogP contribution is -2.44. The van der Waals surface area contributed by atoms with Crippen molar-refractivity contribution in [1.29, 1.82) is 0 Å². The molecule has 1 spiro atoms. The van der Waals surface area contributed by atoms with E-state index in [9.17, 15) is 4.79 Å². The van der Waals surface area contributed by atoms with E-state index < -0.39 is 5.97 Å². The van der Waals surface area contributed by atoms with Gasteiger partial charge in [0.25, 0.3) is 0 Å². The summed E-state index contributed by atoms with van der Waals surface area (Å²) in [5.74, 6) is -0.679. The van der Waals surface area contributed by atoms with E-state index in [2.05, 4.69) is 17.4 Å². The number of esters is 1. The van der Waals surface area contributed by atoms with Crippen molar-refractivity contribution in [2.75, 3.05) is 19.7 Å². The topological polar surface area (TPSA) is 90.1 Å². The minimum absolute atomic E-state index is 0.162. The first kappa shape index (κ1) is 24.2. The van der Waals surface area contributed by atoms with E-state index >= 15 is 0 Å². The lowest BCUT2D eigenvalue weighted by Gasteiger charge is -2.42. The van der Waals surface area contributed by atoms with Gasteiger partial charge in [-0.3, -0.25) is 4.98 Å². The van der Waals surface area contributed by atoms with E-state index in [1.165, 1.54) is 0 Å². The summed E-state index contributed by atoms with van der Waals surface area (Å²) in [5, 5.41) is 4.24. The van der Waals surface area contributed by atoms with Crippen LogP contribution in [0.5, 0.6) is 0 Å². The zero-order chi connectivity index (χ0) is 24.7. The molecule has 2 aliphatic rings. The monoisotopic (exact) mass is 510 g/mol. The number of rotatable bonds is 4. The molecule has 1 fully saturated rings. The number of carbonyl (C=O) groups is 1. The number of nitrogens with one attached hydrogen (secondary N) is 1. The van der Waals surface area contributed by atoms with Crippen LogP contribution in [-0.4, -0.2) is 35.6 Å². The Morgan fingerprint density at radius 2 is 1.83 bits per heavy atom. The first-order chi connectivity index (χ1) is 16.9. The molecule has 1 aliphatic heterocycles. The van der Waals surface area contributed by atoms with Gasteiger partial charge in [0, 0.05) is 22.9 Å². The largest absolute Gasteiger partial charge is 0.461 e. The maximum absolute atomic E-state index is 13.3. The predicted octanol–water partition coefficient (Wildman–Crippen LogP) is 5.45. The second-order valence-corrected chi connectivity index (χ2v) is 10.0. The third-order valence-corrected chi connectivity index (χ3v) is 8.24. The smallest absolute Gasteiger partial charge is 0.358 e. The molecule has 0 saturated carbocycles. The summed E-state index contributed by atoms with van der Waals surface area (Å²) in [7, 11) is 0. The second-order valence-electron chi connectivity index (χ2n) is 9.24. The van der Waals surface area contributed by atoms with Gasteiger partial charge in [0.1, 0.15) is 0 Å². The van der Waals surface area contributed by atoms with Crippen LogP contribution in [0.15, 0.2) is 42.5 Å². The number of hydrogen-bond donors (Lipinski definition) is 2. The number of halogens is 2. The molecule has 0 radical (unpaired) electrons. The lowest BCUT2D eigenvalue weighted by atomic mass is 9.66. The molecule has 1 unspecified atom stereocenters. The summed E-state index contributed by atoms with van der Waals surface area (Å²) < 4.78 is 5.46. The molecule has 0 bridgehead atoms. The molecule has 5 rings (SSSR count). The van der Waals surface area contributed by atoms with Crippen LogP contribution in [0.1, 0.15) is 64.7 Å². The number of hydrogen-bond acceptors (Lipinski definition) is 6. The van der Waals surface area contributed by atoms with Crippen molar-refractivity contribution in [3.63, 3.8) is 0 Å². The molecule has 0 amide bonds. The Morgan fingerprint density at radius 3 is 2.54 bits per heavy atom. The molecule has 1 aromatic heterocycles. The first-order valence-electron chi connectivity index (χ1n) is 11.9. The van der Waals surface area contributed by atoms with E-state index in [1.54, 1.807) is 19.1 Å². The molecular weight excluding hydrogens is 483 g/mol. The van der Waals surface area contributed by atoms with Crippen LogP contribution in [0.2, 0.25) is 10.0 Å². The average molecular weight is 511 g/mol. The summed E-state index contributed by atoms with van der Waals surface area (Å²) >= 11 is 12.8. The van der Waals surface area contributed by atoms with Crippen molar-refractivity contribution in [3.8, 4) is 11.3 Å². The Labute approximate surface area is 215 Å². The average Bonchev–Trinajstić information content (AvgIpc) is 3.09. The Balaban J connectivity index is 1.76. The Hall–Kier alpha value is -2.51. The van der Waals surface area contributed by atoms with Gasteiger partial charge in [0.05, 0.1) is 33.7 Å². The van der Waals surface area contributed by atoms with Crippen LogP contribution in [-0.2, 0) is 4.74 Å². The fourth-order valence-electron chi connectivity index (χ4n) is 5.80. The van der Waals surface area contributed by atoms with Crippen molar-refractivity contribution in [3.05, 3.63) is 80.7 Å². The molecule has 2 aromatic carbocycles. The van der Waals surface area contributed by atoms with E-state index in [1.807, 2.05) is 25.1 Å². The number of nitrogens with zero attached hydrogens (tertiary/aromatic N) is 2. The zero-order valence-corrected chi connectivity index (χ0v) is 21.3. The first-order valence-corrected chi connectivity index (χ1v) is 12.7. The van der Waals surface area contributed by atoms with Crippen LogP contribution < -0.4 is 11.1 Å². The van der Waals surface area contributed by atoms with Crippen molar-refractivity contribution in [2.45, 2.75) is 38.6 Å². The van der Waals surface area contributed by atoms with Crippen LogP contribution >= 0.6 is 23.2 Å². The summed E-state index contributed by atoms with van der Waals surface area (Å²) in [6.07, 6.45) is 1.75. The summed E-state index contributed by atoms with van der Waals surface area (Å²) in [6, 6.07) is 13.4. The number of aryl methyl sites for hydroxylation is 1. The van der Waals surface area contributed by atoms with Gasteiger partial charge >= 0.3 is 5.97 Å². The van der Waals surface area contributed by atoms with Crippen LogP contribution in [0.4, 0.5) is 0 Å². The molecule has 35 heavy (non-hydrogen) atoms. The molecule has 8 heteroatoms. The van der Waals surface area contributed by atoms with Gasteiger partial charge in [0.2, 0.25) is 0 Å². The van der Waals surface area contributed by atoms with Gasteiger partial charge in [-0.15, -0.1) is 0 Å². The van der Waals surface area contributed by atoms with Crippen molar-refractivity contribution in [2.24, 2.45) is 11.1 Å². The Bertz CT molecular complexity index is 1290. The number of ether oxygens (including phenoxy) is 1. The number of piperidine rings is 1. The highest BCUT2D eigenvalue weighted by Crippen LogP contribution is 2.60. The SMILES string of the molecule is CCOC(=O)c1nc(-c2cccc(Cl)c2Cl)c(C)nc1C1c2ccccc2[C@H](N)C12CCNCC2. The molecule has 182 valence electrons. The third kappa shape index (κ3) is 3.93. The third-order valence-electron chi connectivity index (χ3n) is 7.42. The highest BCUT2D eigenvalue weighted by molar-refractivity contribution is 6.43. The summed E-state index contributed by atoms with van der Waals surface area (Å²) in [6.45, 7) is 5.61. The van der Waals surface area contributed by atoms with Crippen molar-refractivity contribution >= 4 is 29.2 Å². The van der Waals surface area contributed by atoms with Crippen LogP contribution in [0.3, 0.4) is 0 Å². The van der Waals surface area contributed by atoms with Gasteiger partial charge in [-0.05, 0) is 57.0 Å². The number of carbonyl (C=O) groups excluding carboxylic acids is 1. The van der Waals surface area contributed by atoms with E-state index in [4.69, 9.17) is 43.6 Å². The molecule has 2 heterocycles. The summed E-state index contributed by atoms with van der Waals surface area (Å²) in [4.78, 5) is 23.2. The molecule has 6 nitrogen and oxygen atoms in total. The number of fused-ring (bicyclic) bond motifs is 1. The minimum Gasteiger partial charge on any atom is -0.461 e. The molecule has 3 N–H and O–H groups in total. The van der Waals surface area contributed by atoms with Gasteiger partial charge in [-0.25, -0.2) is 9.78 Å². The van der Waals surface area contributed by atoms with Crippen LogP contribution in [0.25, 0.3) is 11.3 Å². The van der Waals surface area contributed by atoms with Gasteiger partial charge in [-0.2, -0.15) is 0 Å². The number of benzene rings is 2. The molecule has 3 aromatic rings. The van der Waals surface area contributed by atoms with Gasteiger partial charge < -0.3 is 15.8 Å². The minimum atomic E-state index is -0.503. The lowest BCUT2D eigenvalue weighted by molar-refractivity contribution is 0.0514. The molecule has 1 saturated heterocycles. The maximum Gasteiger partial charge on any atom is 0.358 e. The molecule has 1 aliphatic carbocycles. The Morgan fingerprint density at radius 1 is 1.11 bits per heavy atom. The predicted molar refractivity (Wildman–Crippen MR) is 138 cm³/mol. The van der Waals surface area contributed by atoms with E-state index in [0.29, 0.717) is 32.7 Å². The zero-order valence-electron chi connectivity index (χ0n) is 19.8. The normalized spacial score (nSPS) is 20.6. The van der Waals surface area contributed by atoms with Gasteiger partial charge in [-0.1, -0.05) is 59.6 Å². The standard InChI is InChI=1S/C27H28Cl2N4O2/c1-3-35-26(34)24-23(32-15(2)22(33-24)18-9-6-10-19(28)21(18)29)20-16-7-4-5-8-17(16)25(30)27(20)11-13-31-14-12-27/h4-10,20,25,31H,3,11-14,30H2,1-2H3/t20?,25-/m0/s1. The van der Waals surface area contributed by atoms with Crippen LogP contribution in [0, 0.1) is 12.3 Å².